The number of aryl methyl sites for hydroxylation is 2. The predicted octanol–water partition coefficient (Wildman–Crippen LogP) is 26.9. The highest BCUT2D eigenvalue weighted by molar-refractivity contribution is 6.99. The Morgan fingerprint density at radius 3 is 0.308 bits per heavy atom. The molecule has 0 aromatic heterocycles. The molecule has 63 heteroatoms. The van der Waals surface area contributed by atoms with Gasteiger partial charge in [-0.15, -0.1) is 0 Å². The molecule has 0 saturated heterocycles. The first-order valence-electron chi connectivity index (χ1n) is 50.8. The first-order valence-corrected chi connectivity index (χ1v) is 139. The van der Waals surface area contributed by atoms with E-state index in [2.05, 4.69) is 406 Å². The molecule has 32 nitrogen and oxygen atoms in total. The molecule has 0 aliphatic heterocycles. The Morgan fingerprint density at radius 1 is 0.133 bits per heavy atom. The van der Waals surface area contributed by atoms with Gasteiger partial charge in [-0.2, -0.15) is 0 Å². The van der Waals surface area contributed by atoms with Gasteiger partial charge in [0, 0.05) is 0 Å². The van der Waals surface area contributed by atoms with E-state index in [1.54, 1.807) is 12.1 Å². The molecule has 0 amide bonds. The van der Waals surface area contributed by atoms with Crippen molar-refractivity contribution >= 4 is 265 Å². The molecule has 2 rings (SSSR count). The normalized spacial score (nSPS) is 15.7. The van der Waals surface area contributed by atoms with Crippen LogP contribution in [0.2, 0.25) is 418 Å². The Hall–Kier alpha value is 3.56. The molecule has 0 atom stereocenters. The van der Waals surface area contributed by atoms with Gasteiger partial charge < -0.3 is 134 Å². The second kappa shape index (κ2) is 50.4. The Morgan fingerprint density at radius 2 is 0.217 bits per heavy atom. The predicted molar refractivity (Wildman–Crippen MR) is 657 cm³/mol. The molecule has 0 spiro atoms. The van der Waals surface area contributed by atoms with Crippen LogP contribution in [0, 0.1) is 0 Å². The molecule has 0 unspecified atom stereocenters. The van der Waals surface area contributed by atoms with Gasteiger partial charge in [0.2, 0.25) is 0 Å². The third-order valence-corrected chi connectivity index (χ3v) is 141. The molecule has 0 heterocycles. The van der Waals surface area contributed by atoms with Crippen LogP contribution in [0.25, 0.3) is 0 Å². The number of phenolic OH excluding ortho intramolecular Hbond substituents is 2. The summed E-state index contributed by atoms with van der Waals surface area (Å²) in [6.45, 7) is 129. The standard InChI is InChI=1S/C80H208O32Si31/c1-113(2,75-67-71-77-69-63-65-73-79(77)81)83-115(5,6)85-117(9,10)87-119(13,14)89-121(17,18)91-123(21,22)93-125(25,26)95-127(29,30)97-129(33,34)99-131(37,38)101-133(41,42)103-135(45,46)105-137(49,50)107-139(53,54)109-141(57,58)111-143(61,62)112-142(59,60)110-140(55,56)108-138(51,52)106-136(47,48)104-134(43,44)102-132(39,40)100-130(35,36)98-128(31,32)96-126(27,28)94-124(23,24)92-122(19,20)90-120(15,16)88-118(11,12)86-116(7,8)84-114(3,4)76-68-72-78-70-64-66-74-80(78)82/h63-66,69-70,73-74,81-82H,67-68,71-72,75-76H2,1-62H3. The topological polar surface area (TPSA) is 317 Å². The van der Waals surface area contributed by atoms with Gasteiger partial charge in [0.25, 0.3) is 0 Å². The van der Waals surface area contributed by atoms with Gasteiger partial charge in [0.05, 0.1) is 0 Å². The second-order valence-corrected chi connectivity index (χ2v) is 166. The maximum Gasteiger partial charge on any atom is 0.314 e. The fourth-order valence-corrected chi connectivity index (χ4v) is 183. The van der Waals surface area contributed by atoms with E-state index in [4.69, 9.17) is 123 Å². The maximum atomic E-state index is 10.3. The van der Waals surface area contributed by atoms with E-state index in [1.165, 1.54) is 0 Å². The van der Waals surface area contributed by atoms with E-state index >= 15 is 0 Å². The lowest BCUT2D eigenvalue weighted by atomic mass is 10.1. The Bertz CT molecular complexity index is 3950. The van der Waals surface area contributed by atoms with E-state index in [9.17, 15) is 10.2 Å². The molecule has 0 aliphatic carbocycles. The third-order valence-electron chi connectivity index (χ3n) is 19.2. The first kappa shape index (κ1) is 143. The third kappa shape index (κ3) is 62.2. The number of phenols is 2. The Labute approximate surface area is 905 Å². The molecule has 143 heavy (non-hydrogen) atoms. The summed E-state index contributed by atoms with van der Waals surface area (Å²) in [5, 5.41) is 20.7. The lowest BCUT2D eigenvalue weighted by Crippen LogP contribution is -2.63. The Balaban J connectivity index is 2.04. The van der Waals surface area contributed by atoms with E-state index < -0.39 is 265 Å². The smallest absolute Gasteiger partial charge is 0.314 e. The number of para-hydroxylation sites is 2. The minimum absolute atomic E-state index is 0.341. The fourth-order valence-electron chi connectivity index (χ4n) is 21.5. The van der Waals surface area contributed by atoms with Crippen LogP contribution in [0.4, 0.5) is 0 Å². The summed E-state index contributed by atoms with van der Waals surface area (Å²) < 4.78 is 210. The molecule has 2 aromatic rings. The molecule has 0 fully saturated rings. The fraction of sp³-hybridized carbons (Fsp3) is 0.850. The van der Waals surface area contributed by atoms with Gasteiger partial charge in [0.15, 0.2) is 16.6 Å². The molecule has 0 saturated carbocycles. The van der Waals surface area contributed by atoms with Crippen molar-refractivity contribution in [2.45, 2.75) is 444 Å². The maximum absolute atomic E-state index is 10.3. The quantitative estimate of drug-likeness (QED) is 0.0581. The number of hydrogen-bond acceptors (Lipinski definition) is 32. The van der Waals surface area contributed by atoms with Crippen molar-refractivity contribution in [1.82, 2.24) is 0 Å². The number of hydrogen-bond donors (Lipinski definition) is 2. The Kier molecular flexibility index (Phi) is 50.3. The highest BCUT2D eigenvalue weighted by Crippen LogP contribution is 2.41. The average Bonchev–Trinajstić information content (AvgIpc) is 0.761. The van der Waals surface area contributed by atoms with Gasteiger partial charge in [-0.3, -0.25) is 0 Å². The van der Waals surface area contributed by atoms with Crippen LogP contribution in [0.15, 0.2) is 48.5 Å². The SMILES string of the molecule is C[Si](C)(CCCc1ccccc1O)O[Si](C)(C)O[Si](C)(C)O[Si](C)(C)O[Si](C)(C)O[Si](C)(C)O[Si](C)(C)O[Si](C)(C)O[Si](C)(C)O[Si](C)(C)O[Si](C)(C)O[Si](C)(C)O[Si](C)(C)O[Si](C)(C)O[Si](C)(C)O[Si](C)(C)O[Si](C)(C)O[Si](C)(C)O[Si](C)(C)O[Si](C)(C)O[Si](C)(C)O[Si](C)(C)O[Si](C)(C)O[Si](C)(C)O[Si](C)(C)O[Si](C)(C)O[Si](C)(C)O[Si](C)(C)O[Si](C)(C)O[Si](C)(C)O[Si](C)(C)CCCc1ccccc1O. The zero-order valence-electron chi connectivity index (χ0n) is 102. The monoisotopic (exact) mass is 2550 g/mol. The molecule has 0 radical (unpaired) electrons. The first-order chi connectivity index (χ1) is 62.2. The highest BCUT2D eigenvalue weighted by Gasteiger charge is 2.59. The van der Waals surface area contributed by atoms with Crippen LogP contribution in [-0.4, -0.2) is 275 Å². The molecular weight excluding hydrogens is 2340 g/mol. The zero-order valence-corrected chi connectivity index (χ0v) is 133. The van der Waals surface area contributed by atoms with Crippen molar-refractivity contribution in [3.05, 3.63) is 59.7 Å². The summed E-state index contributed by atoms with van der Waals surface area (Å²) >= 11 is 0. The van der Waals surface area contributed by atoms with Crippen LogP contribution in [-0.2, 0) is 136 Å². The number of aromatic hydroxyl groups is 2. The van der Waals surface area contributed by atoms with E-state index in [-0.39, 0.29) is 0 Å². The second-order valence-electron chi connectivity index (χ2n) is 52.1. The van der Waals surface area contributed by atoms with E-state index in [0.717, 1.165) is 48.9 Å². The largest absolute Gasteiger partial charge is 0.508 e. The summed E-state index contributed by atoms with van der Waals surface area (Å²) in [5.74, 6) is 0.682. The van der Waals surface area contributed by atoms with Gasteiger partial charge in [0.1, 0.15) is 11.5 Å². The van der Waals surface area contributed by atoms with Crippen LogP contribution in [0.1, 0.15) is 24.0 Å². The molecule has 0 aliphatic rings. The van der Waals surface area contributed by atoms with Crippen molar-refractivity contribution in [1.29, 1.82) is 0 Å². The lowest BCUT2D eigenvalue weighted by molar-refractivity contribution is 0.242. The molecular formula is C80H208O32Si31. The summed E-state index contributed by atoms with van der Waals surface area (Å²) in [5.41, 5.74) is 1.92. The number of benzene rings is 2. The summed E-state index contributed by atoms with van der Waals surface area (Å²) in [4.78, 5) is 0. The minimum atomic E-state index is -2.96. The van der Waals surface area contributed by atoms with Crippen LogP contribution < -0.4 is 0 Å². The van der Waals surface area contributed by atoms with Crippen molar-refractivity contribution in [2.24, 2.45) is 0 Å². The van der Waals surface area contributed by atoms with Gasteiger partial charge in [-0.05, 0) is 467 Å². The van der Waals surface area contributed by atoms with Crippen molar-refractivity contribution < 1.29 is 134 Å². The van der Waals surface area contributed by atoms with E-state index in [1.807, 2.05) is 36.4 Å². The summed E-state index contributed by atoms with van der Waals surface area (Å²) in [6, 6.07) is 17.0. The summed E-state index contributed by atoms with van der Waals surface area (Å²) in [6.07, 6.45) is 3.45. The zero-order chi connectivity index (χ0) is 113. The molecule has 0 bridgehead atoms. The molecule has 844 valence electrons. The van der Waals surface area contributed by atoms with Gasteiger partial charge >= 0.3 is 248 Å². The summed E-state index contributed by atoms with van der Waals surface area (Å²) in [7, 11) is -88.1. The van der Waals surface area contributed by atoms with Gasteiger partial charge in [-0.1, -0.05) is 36.4 Å². The van der Waals surface area contributed by atoms with Crippen LogP contribution >= 0.6 is 0 Å². The van der Waals surface area contributed by atoms with Gasteiger partial charge in [-0.25, -0.2) is 0 Å². The van der Waals surface area contributed by atoms with Crippen LogP contribution in [0.5, 0.6) is 11.5 Å². The molecule has 2 N–H and O–H groups in total. The van der Waals surface area contributed by atoms with E-state index in [0.29, 0.717) is 11.5 Å². The molecule has 2 aromatic carbocycles. The number of rotatable bonds is 68. The van der Waals surface area contributed by atoms with Crippen LogP contribution in [0.3, 0.4) is 0 Å². The highest BCUT2D eigenvalue weighted by atomic mass is 28.6. The van der Waals surface area contributed by atoms with Crippen molar-refractivity contribution in [2.75, 3.05) is 0 Å². The lowest BCUT2D eigenvalue weighted by Gasteiger charge is -2.45. The average molecular weight is 2550 g/mol. The van der Waals surface area contributed by atoms with Crippen molar-refractivity contribution in [3.8, 4) is 11.5 Å². The van der Waals surface area contributed by atoms with Crippen molar-refractivity contribution in [3.63, 3.8) is 0 Å². The minimum Gasteiger partial charge on any atom is -0.508 e.